The van der Waals surface area contributed by atoms with Crippen molar-refractivity contribution in [3.05, 3.63) is 46.3 Å². The Bertz CT molecular complexity index is 1120. The number of methoxy groups -OCH3 is 4. The third-order valence-corrected chi connectivity index (χ3v) is 5.80. The van der Waals surface area contributed by atoms with Crippen LogP contribution in [-0.2, 0) is 22.5 Å². The molecule has 7 nitrogen and oxygen atoms in total. The van der Waals surface area contributed by atoms with E-state index in [4.69, 9.17) is 18.9 Å². The van der Waals surface area contributed by atoms with E-state index in [2.05, 4.69) is 4.99 Å². The number of carbonyl (C=O) groups is 1. The average molecular weight is 431 g/mol. The van der Waals surface area contributed by atoms with Crippen molar-refractivity contribution < 1.29 is 23.7 Å². The zero-order chi connectivity index (χ0) is 21.7. The number of thiazole rings is 1. The minimum Gasteiger partial charge on any atom is -0.496 e. The number of ether oxygens (including phenoxy) is 4. The van der Waals surface area contributed by atoms with Gasteiger partial charge in [-0.3, -0.25) is 4.79 Å². The monoisotopic (exact) mass is 430 g/mol. The zero-order valence-corrected chi connectivity index (χ0v) is 18.7. The molecule has 0 aliphatic carbocycles. The van der Waals surface area contributed by atoms with Crippen molar-refractivity contribution in [2.75, 3.05) is 35.0 Å². The molecular weight excluding hydrogens is 404 g/mol. The quantitative estimate of drug-likeness (QED) is 0.548. The Hall–Kier alpha value is -2.84. The van der Waals surface area contributed by atoms with Crippen molar-refractivity contribution in [2.24, 2.45) is 4.99 Å². The predicted octanol–water partition coefficient (Wildman–Crippen LogP) is 3.35. The van der Waals surface area contributed by atoms with E-state index in [0.29, 0.717) is 35.2 Å². The van der Waals surface area contributed by atoms with Gasteiger partial charge in [-0.25, -0.2) is 0 Å². The van der Waals surface area contributed by atoms with Crippen LogP contribution in [0.4, 0.5) is 0 Å². The lowest BCUT2D eigenvalue weighted by molar-refractivity contribution is -0.117. The molecule has 2 aromatic carbocycles. The molecule has 8 heteroatoms. The van der Waals surface area contributed by atoms with Gasteiger partial charge in [0.15, 0.2) is 4.80 Å². The van der Waals surface area contributed by atoms with Crippen LogP contribution in [0.2, 0.25) is 0 Å². The van der Waals surface area contributed by atoms with Gasteiger partial charge in [-0.2, -0.15) is 4.99 Å². The lowest BCUT2D eigenvalue weighted by Crippen LogP contribution is -2.20. The van der Waals surface area contributed by atoms with E-state index in [1.54, 1.807) is 28.4 Å². The molecule has 3 rings (SSSR count). The van der Waals surface area contributed by atoms with Gasteiger partial charge in [0.25, 0.3) is 5.91 Å². The first kappa shape index (κ1) is 21.9. The van der Waals surface area contributed by atoms with Gasteiger partial charge >= 0.3 is 0 Å². The van der Waals surface area contributed by atoms with Crippen LogP contribution in [0.15, 0.2) is 35.3 Å². The highest BCUT2D eigenvalue weighted by atomic mass is 32.1. The maximum atomic E-state index is 12.9. The van der Waals surface area contributed by atoms with E-state index in [9.17, 15) is 4.79 Å². The highest BCUT2D eigenvalue weighted by Crippen LogP contribution is 2.35. The molecule has 0 radical (unpaired) electrons. The third kappa shape index (κ3) is 4.49. The number of nitrogens with zero attached hydrogens (tertiary/aromatic N) is 2. The van der Waals surface area contributed by atoms with Crippen LogP contribution in [0.3, 0.4) is 0 Å². The first-order chi connectivity index (χ1) is 14.5. The molecule has 0 spiro atoms. The van der Waals surface area contributed by atoms with Crippen molar-refractivity contribution in [1.29, 1.82) is 0 Å². The Morgan fingerprint density at radius 3 is 2.33 bits per heavy atom. The fraction of sp³-hybridized carbons (Fsp3) is 0.364. The molecule has 0 bridgehead atoms. The normalized spacial score (nSPS) is 11.7. The molecule has 160 valence electrons. The Kier molecular flexibility index (Phi) is 7.12. The molecule has 3 aromatic rings. The minimum atomic E-state index is -0.255. The Morgan fingerprint density at radius 1 is 1.00 bits per heavy atom. The molecule has 0 N–H and O–H groups in total. The molecule has 0 saturated carbocycles. The van der Waals surface area contributed by atoms with E-state index in [-0.39, 0.29) is 12.3 Å². The lowest BCUT2D eigenvalue weighted by Gasteiger charge is -2.10. The molecule has 0 saturated heterocycles. The van der Waals surface area contributed by atoms with E-state index >= 15 is 0 Å². The third-order valence-electron chi connectivity index (χ3n) is 4.71. The average Bonchev–Trinajstić information content (AvgIpc) is 3.09. The maximum Gasteiger partial charge on any atom is 0.252 e. The van der Waals surface area contributed by atoms with Gasteiger partial charge in [-0.1, -0.05) is 29.0 Å². The van der Waals surface area contributed by atoms with E-state index in [0.717, 1.165) is 21.3 Å². The Balaban J connectivity index is 2.11. The van der Waals surface area contributed by atoms with Gasteiger partial charge in [0.1, 0.15) is 27.5 Å². The lowest BCUT2D eigenvalue weighted by atomic mass is 10.1. The van der Waals surface area contributed by atoms with Crippen molar-refractivity contribution in [3.63, 3.8) is 0 Å². The van der Waals surface area contributed by atoms with Crippen molar-refractivity contribution in [3.8, 4) is 17.2 Å². The number of benzene rings is 2. The summed E-state index contributed by atoms with van der Waals surface area (Å²) in [6.07, 6.45) is 0.150. The number of hydrogen-bond donors (Lipinski definition) is 0. The molecule has 0 atom stereocenters. The van der Waals surface area contributed by atoms with Gasteiger partial charge in [-0.15, -0.1) is 0 Å². The van der Waals surface area contributed by atoms with Gasteiger partial charge in [0.05, 0.1) is 34.4 Å². The smallest absolute Gasteiger partial charge is 0.252 e. The van der Waals surface area contributed by atoms with Crippen LogP contribution in [-0.4, -0.2) is 45.5 Å². The summed E-state index contributed by atoms with van der Waals surface area (Å²) in [5.74, 6) is 1.81. The highest BCUT2D eigenvalue weighted by molar-refractivity contribution is 7.16. The fourth-order valence-electron chi connectivity index (χ4n) is 3.28. The molecule has 30 heavy (non-hydrogen) atoms. The SMILES string of the molecule is COCCn1c(=NC(=O)Cc2cc(C)ccc2OC)sc2c(OC)ccc(OC)c21. The van der Waals surface area contributed by atoms with Crippen LogP contribution in [0.1, 0.15) is 11.1 Å². The molecule has 0 aliphatic rings. The van der Waals surface area contributed by atoms with Crippen LogP contribution in [0.5, 0.6) is 17.2 Å². The van der Waals surface area contributed by atoms with E-state index < -0.39 is 0 Å². The Labute approximate surface area is 179 Å². The molecule has 1 amide bonds. The van der Waals surface area contributed by atoms with Gasteiger partial charge in [0.2, 0.25) is 0 Å². The number of fused-ring (bicyclic) bond motifs is 1. The highest BCUT2D eigenvalue weighted by Gasteiger charge is 2.17. The van der Waals surface area contributed by atoms with E-state index in [1.165, 1.54) is 11.3 Å². The number of aromatic nitrogens is 1. The fourth-order valence-corrected chi connectivity index (χ4v) is 4.47. The first-order valence-electron chi connectivity index (χ1n) is 9.46. The first-order valence-corrected chi connectivity index (χ1v) is 10.3. The maximum absolute atomic E-state index is 12.9. The molecule has 1 aromatic heterocycles. The van der Waals surface area contributed by atoms with E-state index in [1.807, 2.05) is 41.8 Å². The summed E-state index contributed by atoms with van der Waals surface area (Å²) < 4.78 is 24.5. The van der Waals surface area contributed by atoms with Crippen molar-refractivity contribution >= 4 is 27.5 Å². The number of rotatable bonds is 8. The van der Waals surface area contributed by atoms with Gasteiger partial charge in [-0.05, 0) is 25.1 Å². The number of aryl methyl sites for hydroxylation is 1. The summed E-state index contributed by atoms with van der Waals surface area (Å²) in [6, 6.07) is 9.46. The number of hydrogen-bond acceptors (Lipinski definition) is 6. The summed E-state index contributed by atoms with van der Waals surface area (Å²) in [6.45, 7) is 2.98. The number of amides is 1. The standard InChI is InChI=1S/C22H26N2O5S/c1-14-6-7-16(27-3)15(12-14)13-19(25)23-22-24(10-11-26-2)20-17(28-4)8-9-18(29-5)21(20)30-22/h6-9,12H,10-11,13H2,1-5H3. The Morgan fingerprint density at radius 2 is 1.67 bits per heavy atom. The summed E-state index contributed by atoms with van der Waals surface area (Å²) >= 11 is 1.39. The molecule has 0 unspecified atom stereocenters. The summed E-state index contributed by atoms with van der Waals surface area (Å²) in [5.41, 5.74) is 2.70. The van der Waals surface area contributed by atoms with Crippen LogP contribution in [0, 0.1) is 6.92 Å². The summed E-state index contributed by atoms with van der Waals surface area (Å²) in [4.78, 5) is 17.8. The van der Waals surface area contributed by atoms with Crippen LogP contribution >= 0.6 is 11.3 Å². The molecule has 0 aliphatic heterocycles. The summed E-state index contributed by atoms with van der Waals surface area (Å²) in [7, 11) is 6.47. The second-order valence-electron chi connectivity index (χ2n) is 6.67. The van der Waals surface area contributed by atoms with Crippen molar-refractivity contribution in [1.82, 2.24) is 4.57 Å². The second-order valence-corrected chi connectivity index (χ2v) is 7.65. The largest absolute Gasteiger partial charge is 0.496 e. The molecule has 0 fully saturated rings. The van der Waals surface area contributed by atoms with Gasteiger partial charge < -0.3 is 23.5 Å². The summed E-state index contributed by atoms with van der Waals surface area (Å²) in [5, 5.41) is 0. The van der Waals surface area contributed by atoms with Gasteiger partial charge in [0, 0.05) is 19.2 Å². The molecular formula is C22H26N2O5S. The predicted molar refractivity (Wildman–Crippen MR) is 117 cm³/mol. The van der Waals surface area contributed by atoms with Crippen LogP contribution in [0.25, 0.3) is 10.2 Å². The topological polar surface area (TPSA) is 71.3 Å². The van der Waals surface area contributed by atoms with Crippen molar-refractivity contribution in [2.45, 2.75) is 19.9 Å². The minimum absolute atomic E-state index is 0.150. The second kappa shape index (κ2) is 9.77. The molecule has 1 heterocycles. The number of carbonyl (C=O) groups excluding carboxylic acids is 1. The zero-order valence-electron chi connectivity index (χ0n) is 17.9. The van der Waals surface area contributed by atoms with Crippen LogP contribution < -0.4 is 19.0 Å².